The predicted octanol–water partition coefficient (Wildman–Crippen LogP) is 1.03. The first-order valence-corrected chi connectivity index (χ1v) is 28.0. The van der Waals surface area contributed by atoms with Gasteiger partial charge in [-0.05, 0) is 57.0 Å². The molecule has 0 aliphatic carbocycles. The van der Waals surface area contributed by atoms with E-state index in [9.17, 15) is 56.3 Å². The molecule has 1 aromatic heterocycles. The van der Waals surface area contributed by atoms with Gasteiger partial charge in [0, 0.05) is 56.7 Å². The number of ether oxygens (including phenoxy) is 2. The number of benzene rings is 2. The van der Waals surface area contributed by atoms with Crippen molar-refractivity contribution in [3.8, 4) is 23.3 Å². The van der Waals surface area contributed by atoms with Crippen molar-refractivity contribution in [2.75, 3.05) is 42.6 Å². The predicted molar refractivity (Wildman–Crippen MR) is 255 cm³/mol. The third-order valence-corrected chi connectivity index (χ3v) is 16.4. The van der Waals surface area contributed by atoms with Gasteiger partial charge in [0.1, 0.15) is 41.7 Å². The van der Waals surface area contributed by atoms with Crippen LogP contribution in [0.5, 0.6) is 11.5 Å². The standard InChI is InChI=1S/C42H52N7O19P3S/c1-7-48-30-16-32-28(14-26(30)23(2)18-41(48,3)4)45-29-15-27-25(22-72(61,62)63)19-42(5,6)49(31(27)17-33(29)65-32)13-9-11-35(50)44-12-8-10-24-20-47(40(53)46-38(24)43)39-37(52)36(51)34(66-39)21-64-70(57,58)68-71(59,60)67-69(54,55)56/h14-20,34,36-37,39,51-52H,7,9,11-13,21-22H2,1-6H3,(H7-,43,44,46,50,53,54,55,56,57,58,59,60,61,62,63)/t34-,36-,37-,39-/m1/s1. The molecule has 2 unspecified atom stereocenters. The molecule has 0 saturated carbocycles. The van der Waals surface area contributed by atoms with Gasteiger partial charge in [0.2, 0.25) is 11.3 Å². The molecule has 4 aliphatic heterocycles. The van der Waals surface area contributed by atoms with Gasteiger partial charge in [-0.15, -0.1) is 0 Å². The molecule has 9 N–H and O–H groups in total. The van der Waals surface area contributed by atoms with Crippen LogP contribution in [0.15, 0.2) is 52.4 Å². The number of nitrogens with one attached hydrogen (secondary N) is 1. The number of phosphoric acid groups is 3. The van der Waals surface area contributed by atoms with Crippen LogP contribution in [0.2, 0.25) is 0 Å². The van der Waals surface area contributed by atoms with Gasteiger partial charge in [0.15, 0.2) is 23.3 Å². The average molecular weight is 1080 g/mol. The minimum atomic E-state index is -5.86. The third-order valence-electron chi connectivity index (χ3n) is 11.9. The molecule has 3 aromatic rings. The molecule has 1 saturated heterocycles. The van der Waals surface area contributed by atoms with Crippen molar-refractivity contribution in [2.45, 2.75) is 90.0 Å². The zero-order valence-electron chi connectivity index (χ0n) is 39.4. The fourth-order valence-corrected chi connectivity index (χ4v) is 12.7. The number of nitrogen functional groups attached to an aromatic ring is 1. The Hall–Kier alpha value is -4.97. The van der Waals surface area contributed by atoms with Crippen molar-refractivity contribution >= 4 is 67.8 Å². The van der Waals surface area contributed by atoms with Gasteiger partial charge in [-0.25, -0.2) is 36.5 Å². The zero-order chi connectivity index (χ0) is 53.1. The fraction of sp³-hybridized carbons (Fsp3) is 0.452. The Kier molecular flexibility index (Phi) is 15.3. The van der Waals surface area contributed by atoms with E-state index in [4.69, 9.17) is 30.0 Å². The highest BCUT2D eigenvalue weighted by Crippen LogP contribution is 2.66. The minimum Gasteiger partial charge on any atom is -0.748 e. The van der Waals surface area contributed by atoms with Crippen molar-refractivity contribution in [3.05, 3.63) is 80.5 Å². The first kappa shape index (κ1) is 54.8. The highest BCUT2D eigenvalue weighted by Gasteiger charge is 2.47. The number of carbonyl (C=O) groups excluding carboxylic acids is 1. The van der Waals surface area contributed by atoms with Gasteiger partial charge < -0.3 is 59.8 Å². The van der Waals surface area contributed by atoms with Gasteiger partial charge in [0.05, 0.1) is 51.8 Å². The van der Waals surface area contributed by atoms with Crippen LogP contribution < -0.4 is 41.7 Å². The maximum Gasteiger partial charge on any atom is 0.490 e. The number of anilines is 2. The number of amides is 1. The number of phosphoric ester groups is 1. The van der Waals surface area contributed by atoms with E-state index >= 15 is 0 Å². The van der Waals surface area contributed by atoms with Crippen LogP contribution in [0.25, 0.3) is 11.1 Å². The zero-order valence-corrected chi connectivity index (χ0v) is 42.9. The van der Waals surface area contributed by atoms with E-state index in [0.29, 0.717) is 56.6 Å². The van der Waals surface area contributed by atoms with Crippen LogP contribution in [-0.2, 0) is 46.5 Å². The molecule has 0 bridgehead atoms. The molecule has 1 fully saturated rings. The summed E-state index contributed by atoms with van der Waals surface area (Å²) in [7, 11) is -21.9. The fourth-order valence-electron chi connectivity index (χ4n) is 9.00. The summed E-state index contributed by atoms with van der Waals surface area (Å²) in [5, 5.41) is 24.9. The molecule has 0 radical (unpaired) electrons. The van der Waals surface area contributed by atoms with Crippen LogP contribution in [0.3, 0.4) is 0 Å². The second-order valence-corrected chi connectivity index (χ2v) is 24.0. The number of nitrogens with two attached hydrogens (primary N) is 1. The highest BCUT2D eigenvalue weighted by atomic mass is 32.2. The summed E-state index contributed by atoms with van der Waals surface area (Å²) in [6.07, 6.45) is -2.02. The summed E-state index contributed by atoms with van der Waals surface area (Å²) < 4.78 is 97.6. The monoisotopic (exact) mass is 1080 g/mol. The minimum absolute atomic E-state index is 0.0134. The topological polar surface area (TPSA) is 385 Å². The second-order valence-electron chi connectivity index (χ2n) is 18.1. The molecule has 0 spiro atoms. The number of nitrogens with zero attached hydrogens (tertiary/aromatic N) is 5. The molecule has 4 aliphatic rings. The van der Waals surface area contributed by atoms with Gasteiger partial charge in [0.25, 0.3) is 0 Å². The van der Waals surface area contributed by atoms with E-state index in [0.717, 1.165) is 29.6 Å². The maximum absolute atomic E-state index is 13.1. The lowest BCUT2D eigenvalue weighted by Gasteiger charge is -2.43. The Morgan fingerprint density at radius 1 is 1.01 bits per heavy atom. The lowest BCUT2D eigenvalue weighted by atomic mass is 9.88. The summed E-state index contributed by atoms with van der Waals surface area (Å²) in [5.41, 5.74) is 8.13. The number of carbonyl (C=O) groups is 1. The van der Waals surface area contributed by atoms with Crippen LogP contribution in [0, 0.1) is 11.8 Å². The molecule has 72 heavy (non-hydrogen) atoms. The Morgan fingerprint density at radius 2 is 1.72 bits per heavy atom. The first-order chi connectivity index (χ1) is 33.3. The van der Waals surface area contributed by atoms with Gasteiger partial charge >= 0.3 is 29.2 Å². The summed E-state index contributed by atoms with van der Waals surface area (Å²) in [6.45, 7) is 11.8. The summed E-state index contributed by atoms with van der Waals surface area (Å²) in [6, 6.07) is 7.43. The molecule has 26 nitrogen and oxygen atoms in total. The molecule has 6 atom stereocenters. The van der Waals surface area contributed by atoms with Crippen molar-refractivity contribution < 1.29 is 83.9 Å². The van der Waals surface area contributed by atoms with E-state index in [-0.39, 0.29) is 29.9 Å². The van der Waals surface area contributed by atoms with Crippen LogP contribution in [0.4, 0.5) is 17.2 Å². The van der Waals surface area contributed by atoms with Crippen molar-refractivity contribution in [1.82, 2.24) is 19.4 Å². The second kappa shape index (κ2) is 20.0. The van der Waals surface area contributed by atoms with Crippen molar-refractivity contribution in [2.24, 2.45) is 4.99 Å². The SMILES string of the molecule is CCN1c2cc3c(cc2C(C)=CC1(C)C)N=c1cc2c(cc1O3)=[N+](CCCC(=O)NCC#Cc1cn([C@@H]3O[C@H](COP(=O)(O)OP(=O)(O)OP(=O)(O)O)[C@@H](O)[C@H]3O)c(=O)nc1N)C(C)(C)C=C2CS(=O)(=O)[O-]. The lowest BCUT2D eigenvalue weighted by Crippen LogP contribution is -2.50. The molecule has 1 amide bonds. The van der Waals surface area contributed by atoms with Crippen LogP contribution in [-0.4, -0.2) is 120 Å². The average Bonchev–Trinajstić information content (AvgIpc) is 3.51. The number of aliphatic hydroxyl groups excluding tert-OH is 2. The molecule has 30 heteroatoms. The molecular formula is C42H52N7O19P3S. The largest absolute Gasteiger partial charge is 0.748 e. The Labute approximate surface area is 411 Å². The number of rotatable bonds is 16. The summed E-state index contributed by atoms with van der Waals surface area (Å²) >= 11 is 0. The number of allylic oxidation sites excluding steroid dienone is 1. The van der Waals surface area contributed by atoms with Crippen LogP contribution >= 0.6 is 23.5 Å². The number of hydrogen-bond acceptors (Lipinski definition) is 19. The number of likely N-dealkylation sites (N-methyl/N-ethyl adjacent to an activating group) is 1. The number of aromatic nitrogens is 2. The maximum atomic E-state index is 13.1. The Morgan fingerprint density at radius 3 is 2.39 bits per heavy atom. The van der Waals surface area contributed by atoms with E-state index < -0.39 is 87.6 Å². The van der Waals surface area contributed by atoms with E-state index in [2.05, 4.69) is 67.0 Å². The Bertz CT molecular complexity index is 3330. The van der Waals surface area contributed by atoms with Crippen molar-refractivity contribution in [3.63, 3.8) is 0 Å². The van der Waals surface area contributed by atoms with Gasteiger partial charge in [-0.1, -0.05) is 17.9 Å². The van der Waals surface area contributed by atoms with E-state index in [1.54, 1.807) is 18.2 Å². The highest BCUT2D eigenvalue weighted by molar-refractivity contribution is 7.86. The third kappa shape index (κ3) is 12.3. The van der Waals surface area contributed by atoms with Gasteiger partial charge in [-0.2, -0.15) is 13.6 Å². The van der Waals surface area contributed by atoms with Crippen LogP contribution in [0.1, 0.15) is 77.3 Å². The van der Waals surface area contributed by atoms with E-state index in [1.165, 1.54) is 0 Å². The summed E-state index contributed by atoms with van der Waals surface area (Å²) in [4.78, 5) is 73.3. The Balaban J connectivity index is 1.03. The molecule has 2 aromatic carbocycles. The van der Waals surface area contributed by atoms with E-state index in [1.807, 2.05) is 37.5 Å². The number of fused-ring (bicyclic) bond motifs is 4. The molecule has 7 rings (SSSR count). The molecular weight excluding hydrogens is 1030 g/mol. The molecule has 5 heterocycles. The lowest BCUT2D eigenvalue weighted by molar-refractivity contribution is -0.120. The smallest absolute Gasteiger partial charge is 0.490 e. The van der Waals surface area contributed by atoms with Gasteiger partial charge in [-0.3, -0.25) is 13.9 Å². The number of hydrogen-bond donors (Lipinski definition) is 8. The van der Waals surface area contributed by atoms with Crippen molar-refractivity contribution in [1.29, 1.82) is 0 Å². The quantitative estimate of drug-likeness (QED) is 0.0336. The molecule has 390 valence electrons. The summed E-state index contributed by atoms with van der Waals surface area (Å²) in [5.74, 6) is 4.77. The first-order valence-electron chi connectivity index (χ1n) is 21.9. The normalized spacial score (nSPS) is 22.5. The number of aliphatic hydroxyl groups is 2.